The lowest BCUT2D eigenvalue weighted by atomic mass is 10.1. The van der Waals surface area contributed by atoms with Crippen molar-refractivity contribution in [3.63, 3.8) is 0 Å². The van der Waals surface area contributed by atoms with Crippen LogP contribution in [-0.4, -0.2) is 0 Å². The number of hydrogen-bond acceptors (Lipinski definition) is 2. The molecule has 4 heteroatoms. The second kappa shape index (κ2) is 6.60. The SMILES string of the molecule is Cc1cc(CCl)cc(C)c1OCc1ccc(F)c(C#N)c1. The Balaban J connectivity index is 2.19. The van der Waals surface area contributed by atoms with Crippen molar-refractivity contribution >= 4 is 11.6 Å². The molecule has 0 fully saturated rings. The first kappa shape index (κ1) is 15.3. The van der Waals surface area contributed by atoms with Crippen LogP contribution in [0.25, 0.3) is 0 Å². The Morgan fingerprint density at radius 1 is 1.14 bits per heavy atom. The lowest BCUT2D eigenvalue weighted by Gasteiger charge is -2.13. The highest BCUT2D eigenvalue weighted by Gasteiger charge is 2.08. The summed E-state index contributed by atoms with van der Waals surface area (Å²) in [4.78, 5) is 0. The van der Waals surface area contributed by atoms with Crippen LogP contribution in [0, 0.1) is 31.0 Å². The fourth-order valence-corrected chi connectivity index (χ4v) is 2.40. The number of rotatable bonds is 4. The van der Waals surface area contributed by atoms with Gasteiger partial charge in [0.05, 0.1) is 5.56 Å². The van der Waals surface area contributed by atoms with Gasteiger partial charge in [-0.25, -0.2) is 4.39 Å². The van der Waals surface area contributed by atoms with Gasteiger partial charge < -0.3 is 4.74 Å². The van der Waals surface area contributed by atoms with Gasteiger partial charge in [-0.05, 0) is 48.2 Å². The van der Waals surface area contributed by atoms with Crippen LogP contribution in [0.4, 0.5) is 4.39 Å². The van der Waals surface area contributed by atoms with Gasteiger partial charge in [-0.2, -0.15) is 5.26 Å². The van der Waals surface area contributed by atoms with Crippen LogP contribution in [0.1, 0.15) is 27.8 Å². The number of benzene rings is 2. The van der Waals surface area contributed by atoms with Gasteiger partial charge >= 0.3 is 0 Å². The van der Waals surface area contributed by atoms with Crippen LogP contribution in [0.2, 0.25) is 0 Å². The van der Waals surface area contributed by atoms with Gasteiger partial charge in [0.15, 0.2) is 0 Å². The summed E-state index contributed by atoms with van der Waals surface area (Å²) in [7, 11) is 0. The maximum atomic E-state index is 13.3. The fraction of sp³-hybridized carbons (Fsp3) is 0.235. The van der Waals surface area contributed by atoms with Crippen molar-refractivity contribution in [2.75, 3.05) is 0 Å². The van der Waals surface area contributed by atoms with E-state index in [0.29, 0.717) is 5.88 Å². The lowest BCUT2D eigenvalue weighted by Crippen LogP contribution is -2.01. The summed E-state index contributed by atoms with van der Waals surface area (Å²) >= 11 is 5.84. The monoisotopic (exact) mass is 303 g/mol. The van der Waals surface area contributed by atoms with Crippen molar-refractivity contribution in [1.82, 2.24) is 0 Å². The van der Waals surface area contributed by atoms with E-state index < -0.39 is 5.82 Å². The molecule has 0 spiro atoms. The Morgan fingerprint density at radius 2 is 1.81 bits per heavy atom. The van der Waals surface area contributed by atoms with Crippen molar-refractivity contribution in [3.8, 4) is 11.8 Å². The molecule has 0 saturated heterocycles. The van der Waals surface area contributed by atoms with E-state index in [1.165, 1.54) is 12.1 Å². The first-order valence-corrected chi connectivity index (χ1v) is 7.06. The molecule has 0 unspecified atom stereocenters. The van der Waals surface area contributed by atoms with Crippen molar-refractivity contribution in [2.45, 2.75) is 26.3 Å². The Hall–Kier alpha value is -2.05. The van der Waals surface area contributed by atoms with Crippen LogP contribution >= 0.6 is 11.6 Å². The molecular weight excluding hydrogens is 289 g/mol. The molecule has 0 bridgehead atoms. The molecule has 2 rings (SSSR count). The Bertz CT molecular complexity index is 683. The van der Waals surface area contributed by atoms with Gasteiger partial charge in [0.1, 0.15) is 24.2 Å². The predicted octanol–water partition coefficient (Wildman–Crippen LogP) is 4.63. The van der Waals surface area contributed by atoms with E-state index in [1.807, 2.05) is 32.0 Å². The Morgan fingerprint density at radius 3 is 2.38 bits per heavy atom. The number of alkyl halides is 1. The molecular formula is C17H15ClFNO. The zero-order valence-electron chi connectivity index (χ0n) is 11.9. The maximum Gasteiger partial charge on any atom is 0.140 e. The summed E-state index contributed by atoms with van der Waals surface area (Å²) < 4.78 is 19.1. The van der Waals surface area contributed by atoms with Crippen molar-refractivity contribution < 1.29 is 9.13 Å². The molecule has 0 saturated carbocycles. The second-order valence-electron chi connectivity index (χ2n) is 4.91. The molecule has 2 aromatic carbocycles. The molecule has 0 aliphatic carbocycles. The summed E-state index contributed by atoms with van der Waals surface area (Å²) in [6.07, 6.45) is 0. The summed E-state index contributed by atoms with van der Waals surface area (Å²) in [6.45, 7) is 4.21. The van der Waals surface area contributed by atoms with Crippen molar-refractivity contribution in [2.24, 2.45) is 0 Å². The first-order valence-electron chi connectivity index (χ1n) is 6.52. The highest BCUT2D eigenvalue weighted by molar-refractivity contribution is 6.17. The van der Waals surface area contributed by atoms with Crippen LogP contribution in [0.15, 0.2) is 30.3 Å². The van der Waals surface area contributed by atoms with Gasteiger partial charge in [-0.1, -0.05) is 18.2 Å². The van der Waals surface area contributed by atoms with Crippen LogP contribution in [0.5, 0.6) is 5.75 Å². The zero-order chi connectivity index (χ0) is 15.4. The van der Waals surface area contributed by atoms with Gasteiger partial charge in [0.25, 0.3) is 0 Å². The Kier molecular flexibility index (Phi) is 4.82. The molecule has 0 heterocycles. The summed E-state index contributed by atoms with van der Waals surface area (Å²) in [5, 5.41) is 8.83. The third-order valence-electron chi connectivity index (χ3n) is 3.21. The third-order valence-corrected chi connectivity index (χ3v) is 3.52. The van der Waals surface area contributed by atoms with E-state index in [1.54, 1.807) is 6.07 Å². The highest BCUT2D eigenvalue weighted by Crippen LogP contribution is 2.26. The zero-order valence-corrected chi connectivity index (χ0v) is 12.7. The van der Waals surface area contributed by atoms with E-state index >= 15 is 0 Å². The van der Waals surface area contributed by atoms with E-state index in [0.717, 1.165) is 28.0 Å². The van der Waals surface area contributed by atoms with E-state index in [-0.39, 0.29) is 12.2 Å². The second-order valence-corrected chi connectivity index (χ2v) is 5.17. The van der Waals surface area contributed by atoms with E-state index in [4.69, 9.17) is 21.6 Å². The topological polar surface area (TPSA) is 33.0 Å². The molecule has 0 amide bonds. The minimum atomic E-state index is -0.514. The van der Waals surface area contributed by atoms with Gasteiger partial charge in [-0.15, -0.1) is 11.6 Å². The van der Waals surface area contributed by atoms with E-state index in [2.05, 4.69) is 0 Å². The molecule has 0 aromatic heterocycles. The number of hydrogen-bond donors (Lipinski definition) is 0. The Labute approximate surface area is 128 Å². The molecule has 21 heavy (non-hydrogen) atoms. The standard InChI is InChI=1S/C17H15ClFNO/c1-11-5-14(8-18)6-12(2)17(11)21-10-13-3-4-16(19)15(7-13)9-20/h3-7H,8,10H2,1-2H3. The molecule has 0 radical (unpaired) electrons. The van der Waals surface area contributed by atoms with Gasteiger partial charge in [-0.3, -0.25) is 0 Å². The fourth-order valence-electron chi connectivity index (χ4n) is 2.25. The van der Waals surface area contributed by atoms with Gasteiger partial charge in [0, 0.05) is 5.88 Å². The molecule has 108 valence electrons. The van der Waals surface area contributed by atoms with Crippen molar-refractivity contribution in [1.29, 1.82) is 5.26 Å². The summed E-state index contributed by atoms with van der Waals surface area (Å²) in [5.74, 6) is 0.748. The summed E-state index contributed by atoms with van der Waals surface area (Å²) in [5.41, 5.74) is 3.85. The number of ether oxygens (including phenoxy) is 1. The quantitative estimate of drug-likeness (QED) is 0.771. The van der Waals surface area contributed by atoms with Gasteiger partial charge in [0.2, 0.25) is 0 Å². The number of nitriles is 1. The average molecular weight is 304 g/mol. The highest BCUT2D eigenvalue weighted by atomic mass is 35.5. The summed E-state index contributed by atoms with van der Waals surface area (Å²) in [6, 6.07) is 10.2. The lowest BCUT2D eigenvalue weighted by molar-refractivity contribution is 0.301. The molecule has 2 aromatic rings. The minimum absolute atomic E-state index is 0.0297. The smallest absolute Gasteiger partial charge is 0.140 e. The number of nitrogens with zero attached hydrogens (tertiary/aromatic N) is 1. The minimum Gasteiger partial charge on any atom is -0.488 e. The van der Waals surface area contributed by atoms with Crippen LogP contribution in [0.3, 0.4) is 0 Å². The maximum absolute atomic E-state index is 13.3. The average Bonchev–Trinajstić information content (AvgIpc) is 2.47. The number of aryl methyl sites for hydroxylation is 2. The van der Waals surface area contributed by atoms with Crippen LogP contribution in [-0.2, 0) is 12.5 Å². The molecule has 0 atom stereocenters. The van der Waals surface area contributed by atoms with Crippen LogP contribution < -0.4 is 4.74 Å². The normalized spacial score (nSPS) is 10.2. The van der Waals surface area contributed by atoms with E-state index in [9.17, 15) is 4.39 Å². The first-order chi connectivity index (χ1) is 10.0. The third kappa shape index (κ3) is 3.53. The predicted molar refractivity (Wildman–Crippen MR) is 80.9 cm³/mol. The number of halogens is 2. The molecule has 0 N–H and O–H groups in total. The van der Waals surface area contributed by atoms with Crippen molar-refractivity contribution in [3.05, 3.63) is 64.0 Å². The molecule has 0 aliphatic heterocycles. The largest absolute Gasteiger partial charge is 0.488 e. The molecule has 2 nitrogen and oxygen atoms in total. The molecule has 0 aliphatic rings.